The molecular weight excluding hydrogens is 259 g/mol. The smallest absolute Gasteiger partial charge is 0.340 e. The van der Waals surface area contributed by atoms with Gasteiger partial charge in [0.1, 0.15) is 11.4 Å². The Morgan fingerprint density at radius 3 is 2.45 bits per heavy atom. The second-order valence-electron chi connectivity index (χ2n) is 5.58. The summed E-state index contributed by atoms with van der Waals surface area (Å²) in [5, 5.41) is 9.23. The maximum Gasteiger partial charge on any atom is 0.340 e. The van der Waals surface area contributed by atoms with Gasteiger partial charge < -0.3 is 14.9 Å². The minimum Gasteiger partial charge on any atom is -0.478 e. The minimum absolute atomic E-state index is 0.244. The molecule has 4 nitrogen and oxygen atoms in total. The number of likely N-dealkylation sites (N-methyl/N-ethyl adjacent to an activating group) is 1. The first-order chi connectivity index (χ1) is 9.32. The molecule has 0 heterocycles. The molecule has 0 radical (unpaired) electrons. The largest absolute Gasteiger partial charge is 0.478 e. The third-order valence-electron chi connectivity index (χ3n) is 2.95. The van der Waals surface area contributed by atoms with Gasteiger partial charge in [0.25, 0.3) is 0 Å². The molecule has 1 N–H and O–H groups in total. The number of hydrogen-bond donors (Lipinski definition) is 1. The van der Waals surface area contributed by atoms with Crippen LogP contribution in [0.3, 0.4) is 0 Å². The van der Waals surface area contributed by atoms with E-state index in [0.29, 0.717) is 24.7 Å². The molecule has 0 unspecified atom stereocenters. The van der Waals surface area contributed by atoms with E-state index in [0.717, 1.165) is 6.54 Å². The zero-order chi connectivity index (χ0) is 15.3. The van der Waals surface area contributed by atoms with Crippen LogP contribution in [0.15, 0.2) is 18.2 Å². The first kappa shape index (κ1) is 16.4. The van der Waals surface area contributed by atoms with Gasteiger partial charge in [-0.1, -0.05) is 19.9 Å². The summed E-state index contributed by atoms with van der Waals surface area (Å²) < 4.78 is 13.8. The van der Waals surface area contributed by atoms with Crippen LogP contribution in [-0.4, -0.2) is 49.7 Å². The lowest BCUT2D eigenvalue weighted by Gasteiger charge is -2.29. The van der Waals surface area contributed by atoms with E-state index in [1.165, 1.54) is 6.07 Å². The number of carboxylic acid groups (broad SMARTS) is 1. The van der Waals surface area contributed by atoms with E-state index in [-0.39, 0.29) is 5.56 Å². The van der Waals surface area contributed by atoms with Gasteiger partial charge in [0.15, 0.2) is 0 Å². The van der Waals surface area contributed by atoms with Gasteiger partial charge in [-0.3, -0.25) is 0 Å². The fraction of sp³-hybridized carbons (Fsp3) is 0.533. The van der Waals surface area contributed by atoms with Crippen molar-refractivity contribution in [3.8, 4) is 0 Å². The van der Waals surface area contributed by atoms with E-state index in [4.69, 9.17) is 0 Å². The molecule has 0 bridgehead atoms. The van der Waals surface area contributed by atoms with Crippen LogP contribution in [0.1, 0.15) is 24.2 Å². The van der Waals surface area contributed by atoms with E-state index in [2.05, 4.69) is 13.8 Å². The van der Waals surface area contributed by atoms with Crippen molar-refractivity contribution < 1.29 is 14.3 Å². The second kappa shape index (κ2) is 7.24. The van der Waals surface area contributed by atoms with E-state index in [1.807, 2.05) is 23.9 Å². The summed E-state index contributed by atoms with van der Waals surface area (Å²) in [4.78, 5) is 15.3. The highest BCUT2D eigenvalue weighted by Gasteiger charge is 2.20. The summed E-state index contributed by atoms with van der Waals surface area (Å²) in [6.45, 7) is 6.25. The fourth-order valence-corrected chi connectivity index (χ4v) is 2.06. The molecule has 1 aromatic carbocycles. The van der Waals surface area contributed by atoms with Gasteiger partial charge in [0.2, 0.25) is 0 Å². The predicted molar refractivity (Wildman–Crippen MR) is 79.0 cm³/mol. The number of halogens is 1. The number of carbonyl (C=O) groups is 1. The molecule has 0 aromatic heterocycles. The molecular formula is C15H23FN2O2. The zero-order valence-electron chi connectivity index (χ0n) is 12.6. The third-order valence-corrected chi connectivity index (χ3v) is 2.95. The summed E-state index contributed by atoms with van der Waals surface area (Å²) in [5.74, 6) is -1.55. The highest BCUT2D eigenvalue weighted by Crippen LogP contribution is 2.24. The average Bonchev–Trinajstić information content (AvgIpc) is 2.33. The van der Waals surface area contributed by atoms with Crippen LogP contribution in [0.4, 0.5) is 10.1 Å². The first-order valence-electron chi connectivity index (χ1n) is 6.74. The van der Waals surface area contributed by atoms with Crippen molar-refractivity contribution >= 4 is 11.7 Å². The molecule has 0 fully saturated rings. The topological polar surface area (TPSA) is 43.8 Å². The van der Waals surface area contributed by atoms with Gasteiger partial charge in [-0.2, -0.15) is 0 Å². The van der Waals surface area contributed by atoms with Crippen LogP contribution < -0.4 is 4.90 Å². The number of carboxylic acids is 1. The van der Waals surface area contributed by atoms with E-state index >= 15 is 0 Å². The molecule has 112 valence electrons. The first-order valence-corrected chi connectivity index (χ1v) is 6.74. The average molecular weight is 282 g/mol. The Labute approximate surface area is 119 Å². The summed E-state index contributed by atoms with van der Waals surface area (Å²) in [6, 6.07) is 4.41. The van der Waals surface area contributed by atoms with Crippen molar-refractivity contribution in [2.75, 3.05) is 38.6 Å². The lowest BCUT2D eigenvalue weighted by atomic mass is 10.1. The van der Waals surface area contributed by atoms with Gasteiger partial charge in [-0.25, -0.2) is 9.18 Å². The molecule has 0 amide bonds. The van der Waals surface area contributed by atoms with E-state index in [1.54, 1.807) is 12.1 Å². The van der Waals surface area contributed by atoms with E-state index < -0.39 is 11.8 Å². The number of hydrogen-bond acceptors (Lipinski definition) is 3. The third kappa shape index (κ3) is 4.49. The summed E-state index contributed by atoms with van der Waals surface area (Å²) >= 11 is 0. The summed E-state index contributed by atoms with van der Waals surface area (Å²) in [5.41, 5.74) is 0.208. The Hall–Kier alpha value is -1.62. The van der Waals surface area contributed by atoms with Crippen molar-refractivity contribution in [3.63, 3.8) is 0 Å². The lowest BCUT2D eigenvalue weighted by molar-refractivity contribution is 0.0692. The van der Waals surface area contributed by atoms with Crippen molar-refractivity contribution in [1.82, 2.24) is 4.90 Å². The van der Waals surface area contributed by atoms with Gasteiger partial charge >= 0.3 is 5.97 Å². The minimum atomic E-state index is -1.23. The predicted octanol–water partition coefficient (Wildman–Crippen LogP) is 2.55. The molecule has 0 atom stereocenters. The molecule has 0 aliphatic carbocycles. The van der Waals surface area contributed by atoms with Crippen molar-refractivity contribution in [2.45, 2.75) is 13.8 Å². The molecule has 0 aliphatic rings. The monoisotopic (exact) mass is 282 g/mol. The zero-order valence-corrected chi connectivity index (χ0v) is 12.6. The van der Waals surface area contributed by atoms with Gasteiger partial charge in [0, 0.05) is 19.6 Å². The van der Waals surface area contributed by atoms with Crippen LogP contribution in [0.25, 0.3) is 0 Å². The maximum absolute atomic E-state index is 13.8. The second-order valence-corrected chi connectivity index (χ2v) is 5.58. The summed E-state index contributed by atoms with van der Waals surface area (Å²) in [6.07, 6.45) is 0. The number of rotatable bonds is 7. The van der Waals surface area contributed by atoms with Crippen LogP contribution in [-0.2, 0) is 0 Å². The van der Waals surface area contributed by atoms with Crippen molar-refractivity contribution in [1.29, 1.82) is 0 Å². The summed E-state index contributed by atoms with van der Waals surface area (Å²) in [7, 11) is 3.91. The number of aromatic carboxylic acids is 1. The molecule has 20 heavy (non-hydrogen) atoms. The highest BCUT2D eigenvalue weighted by molar-refractivity contribution is 5.94. The lowest BCUT2D eigenvalue weighted by Crippen LogP contribution is -2.35. The van der Waals surface area contributed by atoms with Crippen molar-refractivity contribution in [3.05, 3.63) is 29.6 Å². The Kier molecular flexibility index (Phi) is 5.95. The van der Waals surface area contributed by atoms with Crippen molar-refractivity contribution in [2.24, 2.45) is 5.92 Å². The fourth-order valence-electron chi connectivity index (χ4n) is 2.06. The van der Waals surface area contributed by atoms with Crippen LogP contribution in [0.5, 0.6) is 0 Å². The molecule has 1 aromatic rings. The standard InChI is InChI=1S/C15H23FN2O2/c1-11(2)10-18(9-8-17(3)4)13-7-5-6-12(16)14(13)15(19)20/h5-7,11H,8-10H2,1-4H3,(H,19,20). The Morgan fingerprint density at radius 1 is 1.30 bits per heavy atom. The highest BCUT2D eigenvalue weighted by atomic mass is 19.1. The number of anilines is 1. The van der Waals surface area contributed by atoms with Gasteiger partial charge in [0.05, 0.1) is 5.69 Å². The van der Waals surface area contributed by atoms with Crippen LogP contribution >= 0.6 is 0 Å². The molecule has 1 rings (SSSR count). The van der Waals surface area contributed by atoms with Crippen LogP contribution in [0.2, 0.25) is 0 Å². The number of nitrogens with zero attached hydrogens (tertiary/aromatic N) is 2. The molecule has 0 aliphatic heterocycles. The maximum atomic E-state index is 13.8. The molecule has 0 spiro atoms. The normalized spacial score (nSPS) is 11.2. The van der Waals surface area contributed by atoms with Gasteiger partial charge in [-0.15, -0.1) is 0 Å². The number of benzene rings is 1. The van der Waals surface area contributed by atoms with Crippen LogP contribution in [0, 0.1) is 11.7 Å². The van der Waals surface area contributed by atoms with Gasteiger partial charge in [-0.05, 0) is 32.1 Å². The Bertz CT molecular complexity index is 461. The SMILES string of the molecule is CC(C)CN(CCN(C)C)c1cccc(F)c1C(=O)O. The molecule has 0 saturated heterocycles. The Morgan fingerprint density at radius 2 is 1.95 bits per heavy atom. The molecule has 0 saturated carbocycles. The molecule has 5 heteroatoms. The van der Waals surface area contributed by atoms with E-state index in [9.17, 15) is 14.3 Å². The Balaban J connectivity index is 3.12. The quantitative estimate of drug-likeness (QED) is 0.834.